The van der Waals surface area contributed by atoms with Crippen LogP contribution in [0.5, 0.6) is 0 Å². The molecular weight excluding hydrogens is 358 g/mol. The van der Waals surface area contributed by atoms with Crippen LogP contribution < -0.4 is 0 Å². The molecule has 0 aliphatic carbocycles. The van der Waals surface area contributed by atoms with Crippen molar-refractivity contribution in [2.75, 3.05) is 27.3 Å². The highest BCUT2D eigenvalue weighted by Gasteiger charge is 2.38. The molecule has 0 radical (unpaired) electrons. The summed E-state index contributed by atoms with van der Waals surface area (Å²) in [4.78, 5) is 25.7. The van der Waals surface area contributed by atoms with Crippen molar-refractivity contribution < 1.29 is 23.8 Å². The monoisotopic (exact) mass is 383 g/mol. The van der Waals surface area contributed by atoms with E-state index >= 15 is 0 Å². The average molecular weight is 383 g/mol. The molecule has 2 atom stereocenters. The van der Waals surface area contributed by atoms with Crippen molar-refractivity contribution in [2.24, 2.45) is 0 Å². The fourth-order valence-corrected chi connectivity index (χ4v) is 3.37. The number of nitrogens with zero attached hydrogens (tertiary/aromatic N) is 1. The van der Waals surface area contributed by atoms with Gasteiger partial charge in [-0.05, 0) is 36.1 Å². The van der Waals surface area contributed by atoms with Crippen molar-refractivity contribution in [1.29, 1.82) is 0 Å². The van der Waals surface area contributed by atoms with Crippen LogP contribution in [0.4, 0.5) is 0 Å². The molecule has 0 aromatic heterocycles. The number of hydrogen-bond acceptors (Lipinski definition) is 6. The summed E-state index contributed by atoms with van der Waals surface area (Å²) < 4.78 is 15.6. The SMILES string of the molecule is COC(=O)c1ccc(CCCN2CC(c3ccccc3)OC2C(=O)OC)cc1. The highest BCUT2D eigenvalue weighted by Crippen LogP contribution is 2.29. The minimum atomic E-state index is -0.683. The Bertz CT molecular complexity index is 790. The fourth-order valence-electron chi connectivity index (χ4n) is 3.37. The lowest BCUT2D eigenvalue weighted by Gasteiger charge is -2.20. The highest BCUT2D eigenvalue weighted by atomic mass is 16.6. The topological polar surface area (TPSA) is 65.1 Å². The second kappa shape index (κ2) is 9.48. The zero-order chi connectivity index (χ0) is 19.9. The maximum atomic E-state index is 12.1. The van der Waals surface area contributed by atoms with E-state index in [4.69, 9.17) is 14.2 Å². The number of aryl methyl sites for hydroxylation is 1. The van der Waals surface area contributed by atoms with Gasteiger partial charge < -0.3 is 14.2 Å². The van der Waals surface area contributed by atoms with E-state index in [1.54, 1.807) is 12.1 Å². The normalized spacial score (nSPS) is 19.4. The summed E-state index contributed by atoms with van der Waals surface area (Å²) in [6, 6.07) is 17.3. The summed E-state index contributed by atoms with van der Waals surface area (Å²) in [5.74, 6) is -0.713. The number of carbonyl (C=O) groups is 2. The molecule has 2 aromatic carbocycles. The Balaban J connectivity index is 1.58. The first-order valence-electron chi connectivity index (χ1n) is 9.32. The van der Waals surface area contributed by atoms with E-state index in [2.05, 4.69) is 0 Å². The number of hydrogen-bond donors (Lipinski definition) is 0. The zero-order valence-electron chi connectivity index (χ0n) is 16.2. The number of rotatable bonds is 7. The predicted molar refractivity (Wildman–Crippen MR) is 104 cm³/mol. The minimum absolute atomic E-state index is 0.148. The largest absolute Gasteiger partial charge is 0.466 e. The maximum Gasteiger partial charge on any atom is 0.350 e. The Kier molecular flexibility index (Phi) is 6.79. The molecule has 0 saturated carbocycles. The first-order valence-corrected chi connectivity index (χ1v) is 9.32. The number of methoxy groups -OCH3 is 2. The van der Waals surface area contributed by atoms with Crippen LogP contribution in [0.25, 0.3) is 0 Å². The van der Waals surface area contributed by atoms with Gasteiger partial charge in [-0.1, -0.05) is 42.5 Å². The van der Waals surface area contributed by atoms with Gasteiger partial charge in [-0.25, -0.2) is 9.59 Å². The van der Waals surface area contributed by atoms with Gasteiger partial charge in [0.1, 0.15) is 0 Å². The summed E-state index contributed by atoms with van der Waals surface area (Å²) >= 11 is 0. The van der Waals surface area contributed by atoms with Crippen LogP contribution in [0.15, 0.2) is 54.6 Å². The summed E-state index contributed by atoms with van der Waals surface area (Å²) in [7, 11) is 2.75. The smallest absolute Gasteiger partial charge is 0.350 e. The first-order chi connectivity index (χ1) is 13.6. The molecule has 1 aliphatic rings. The zero-order valence-corrected chi connectivity index (χ0v) is 16.2. The van der Waals surface area contributed by atoms with Gasteiger partial charge in [-0.3, -0.25) is 4.90 Å². The fraction of sp³-hybridized carbons (Fsp3) is 0.364. The summed E-state index contributed by atoms with van der Waals surface area (Å²) in [5.41, 5.74) is 2.72. The molecule has 0 spiro atoms. The van der Waals surface area contributed by atoms with Crippen LogP contribution in [0, 0.1) is 0 Å². The standard InChI is InChI=1S/C22H25NO5/c1-26-21(24)18-12-10-16(11-13-18)7-6-14-23-15-19(17-8-4-3-5-9-17)28-20(23)22(25)27-2/h3-5,8-13,19-20H,6-7,14-15H2,1-2H3. The van der Waals surface area contributed by atoms with Gasteiger partial charge in [0.2, 0.25) is 6.23 Å². The van der Waals surface area contributed by atoms with E-state index in [0.29, 0.717) is 18.7 Å². The van der Waals surface area contributed by atoms with Crippen LogP contribution in [0.1, 0.15) is 34.0 Å². The third kappa shape index (κ3) is 4.77. The van der Waals surface area contributed by atoms with Gasteiger partial charge in [0.15, 0.2) is 0 Å². The van der Waals surface area contributed by atoms with Crippen LogP contribution in [0.3, 0.4) is 0 Å². The van der Waals surface area contributed by atoms with Crippen molar-refractivity contribution in [1.82, 2.24) is 4.90 Å². The molecule has 0 amide bonds. The molecule has 1 aliphatic heterocycles. The van der Waals surface area contributed by atoms with E-state index < -0.39 is 6.23 Å². The quantitative estimate of drug-likeness (QED) is 0.685. The first kappa shape index (κ1) is 20.0. The van der Waals surface area contributed by atoms with Crippen LogP contribution in [-0.4, -0.2) is 50.4 Å². The van der Waals surface area contributed by atoms with Gasteiger partial charge in [-0.15, -0.1) is 0 Å². The summed E-state index contributed by atoms with van der Waals surface area (Å²) in [6.07, 6.45) is 0.860. The molecule has 6 nitrogen and oxygen atoms in total. The summed E-state index contributed by atoms with van der Waals surface area (Å²) in [5, 5.41) is 0. The van der Waals surface area contributed by atoms with E-state index in [1.807, 2.05) is 47.4 Å². The van der Waals surface area contributed by atoms with Crippen molar-refractivity contribution in [3.8, 4) is 0 Å². The van der Waals surface area contributed by atoms with Gasteiger partial charge >= 0.3 is 11.9 Å². The maximum absolute atomic E-state index is 12.1. The molecule has 28 heavy (non-hydrogen) atoms. The van der Waals surface area contributed by atoms with Crippen LogP contribution in [0.2, 0.25) is 0 Å². The average Bonchev–Trinajstić information content (AvgIpc) is 3.18. The molecule has 1 saturated heterocycles. The van der Waals surface area contributed by atoms with Gasteiger partial charge in [0.05, 0.1) is 25.9 Å². The van der Waals surface area contributed by atoms with Crippen molar-refractivity contribution in [3.05, 3.63) is 71.3 Å². The molecule has 148 valence electrons. The van der Waals surface area contributed by atoms with Crippen LogP contribution in [-0.2, 0) is 25.4 Å². The number of esters is 2. The van der Waals surface area contributed by atoms with E-state index in [0.717, 1.165) is 24.0 Å². The van der Waals surface area contributed by atoms with Crippen LogP contribution >= 0.6 is 0 Å². The Hall–Kier alpha value is -2.70. The van der Waals surface area contributed by atoms with E-state index in [-0.39, 0.29) is 18.0 Å². The van der Waals surface area contributed by atoms with Gasteiger partial charge in [0.25, 0.3) is 0 Å². The van der Waals surface area contributed by atoms with Gasteiger partial charge in [0, 0.05) is 13.1 Å². The lowest BCUT2D eigenvalue weighted by atomic mass is 10.1. The second-order valence-electron chi connectivity index (χ2n) is 6.70. The molecule has 0 N–H and O–H groups in total. The molecular formula is C22H25NO5. The molecule has 0 bridgehead atoms. The number of carbonyl (C=O) groups excluding carboxylic acids is 2. The molecule has 1 fully saturated rings. The minimum Gasteiger partial charge on any atom is -0.466 e. The Morgan fingerprint density at radius 2 is 1.75 bits per heavy atom. The van der Waals surface area contributed by atoms with Crippen molar-refractivity contribution in [2.45, 2.75) is 25.2 Å². The second-order valence-corrected chi connectivity index (χ2v) is 6.70. The third-order valence-corrected chi connectivity index (χ3v) is 4.89. The van der Waals surface area contributed by atoms with Gasteiger partial charge in [-0.2, -0.15) is 0 Å². The number of ether oxygens (including phenoxy) is 3. The summed E-state index contributed by atoms with van der Waals surface area (Å²) in [6.45, 7) is 1.35. The molecule has 6 heteroatoms. The highest BCUT2D eigenvalue weighted by molar-refractivity contribution is 5.89. The number of benzene rings is 2. The van der Waals surface area contributed by atoms with Crippen molar-refractivity contribution in [3.63, 3.8) is 0 Å². The lowest BCUT2D eigenvalue weighted by molar-refractivity contribution is -0.160. The Morgan fingerprint density at radius 1 is 1.04 bits per heavy atom. The molecule has 1 heterocycles. The van der Waals surface area contributed by atoms with Crippen molar-refractivity contribution >= 4 is 11.9 Å². The molecule has 2 aromatic rings. The van der Waals surface area contributed by atoms with E-state index in [9.17, 15) is 9.59 Å². The third-order valence-electron chi connectivity index (χ3n) is 4.89. The lowest BCUT2D eigenvalue weighted by Crippen LogP contribution is -2.38. The molecule has 2 unspecified atom stereocenters. The predicted octanol–water partition coefficient (Wildman–Crippen LogP) is 2.98. The Labute approximate surface area is 165 Å². The van der Waals surface area contributed by atoms with E-state index in [1.165, 1.54) is 14.2 Å². The Morgan fingerprint density at radius 3 is 2.39 bits per heavy atom. The molecule has 3 rings (SSSR count).